The first-order valence-electron chi connectivity index (χ1n) is 6.76. The highest BCUT2D eigenvalue weighted by atomic mass is 16.6. The molecule has 0 saturated carbocycles. The molecule has 7 nitrogen and oxygen atoms in total. The van der Waals surface area contributed by atoms with Crippen molar-refractivity contribution in [3.05, 3.63) is 57.5 Å². The minimum atomic E-state index is -0.385. The number of hydrogen-bond acceptors (Lipinski definition) is 4. The van der Waals surface area contributed by atoms with Crippen LogP contribution in [0.3, 0.4) is 0 Å². The lowest BCUT2D eigenvalue weighted by Crippen LogP contribution is -1.98. The van der Waals surface area contributed by atoms with Crippen LogP contribution < -0.4 is 0 Å². The molecule has 0 saturated heterocycles. The predicted molar refractivity (Wildman–Crippen MR) is 77.2 cm³/mol. The van der Waals surface area contributed by atoms with Crippen LogP contribution in [0.15, 0.2) is 30.3 Å². The first kappa shape index (κ1) is 13.3. The van der Waals surface area contributed by atoms with Crippen LogP contribution in [0.4, 0.5) is 5.69 Å². The van der Waals surface area contributed by atoms with Crippen LogP contribution in [0.5, 0.6) is 0 Å². The average Bonchev–Trinajstić information content (AvgIpc) is 2.99. The summed E-state index contributed by atoms with van der Waals surface area (Å²) in [6.07, 6.45) is 2.57. The number of non-ortho nitro benzene ring substituents is 1. The van der Waals surface area contributed by atoms with Crippen LogP contribution in [0.2, 0.25) is 0 Å². The summed E-state index contributed by atoms with van der Waals surface area (Å²) in [5.41, 5.74) is 3.10. The third kappa shape index (κ3) is 2.76. The van der Waals surface area contributed by atoms with Gasteiger partial charge in [-0.05, 0) is 25.3 Å². The number of nitrogens with one attached hydrogen (secondary N) is 1. The van der Waals surface area contributed by atoms with Gasteiger partial charge < -0.3 is 0 Å². The Morgan fingerprint density at radius 2 is 2.00 bits per heavy atom. The Hall–Kier alpha value is -2.70. The van der Waals surface area contributed by atoms with Crippen LogP contribution in [-0.4, -0.2) is 24.7 Å². The highest BCUT2D eigenvalue weighted by Gasteiger charge is 2.08. The summed E-state index contributed by atoms with van der Waals surface area (Å²) >= 11 is 0. The number of nitrogens with zero attached hydrogens (tertiary/aromatic N) is 4. The minimum absolute atomic E-state index is 0.125. The fraction of sp³-hybridized carbons (Fsp3) is 0.286. The molecule has 3 rings (SSSR count). The second-order valence-corrected chi connectivity index (χ2v) is 5.03. The highest BCUT2D eigenvalue weighted by molar-refractivity contribution is 5.38. The zero-order valence-corrected chi connectivity index (χ0v) is 11.6. The fourth-order valence-corrected chi connectivity index (χ4v) is 2.34. The maximum absolute atomic E-state index is 10.6. The number of benzene rings is 1. The van der Waals surface area contributed by atoms with Crippen molar-refractivity contribution in [3.63, 3.8) is 0 Å². The molecule has 108 valence electrons. The van der Waals surface area contributed by atoms with Crippen molar-refractivity contribution in [3.8, 4) is 0 Å². The molecule has 7 heteroatoms. The maximum atomic E-state index is 10.6. The van der Waals surface area contributed by atoms with Gasteiger partial charge in [-0.2, -0.15) is 0 Å². The number of rotatable bonds is 5. The second kappa shape index (κ2) is 5.35. The van der Waals surface area contributed by atoms with Gasteiger partial charge in [0.25, 0.3) is 5.69 Å². The molecule has 0 aliphatic heterocycles. The van der Waals surface area contributed by atoms with Crippen molar-refractivity contribution in [2.75, 3.05) is 0 Å². The predicted octanol–water partition coefficient (Wildman–Crippen LogP) is 2.45. The number of fused-ring (bicyclic) bond motifs is 1. The Morgan fingerprint density at radius 3 is 2.71 bits per heavy atom. The lowest BCUT2D eigenvalue weighted by atomic mass is 10.1. The molecule has 0 fully saturated rings. The van der Waals surface area contributed by atoms with E-state index < -0.39 is 0 Å². The fourth-order valence-electron chi connectivity index (χ4n) is 2.34. The molecular formula is C14H15N5O2. The molecule has 21 heavy (non-hydrogen) atoms. The van der Waals surface area contributed by atoms with Crippen LogP contribution in [0, 0.1) is 17.0 Å². The molecule has 3 aromatic rings. The van der Waals surface area contributed by atoms with Crippen molar-refractivity contribution in [2.45, 2.75) is 26.2 Å². The lowest BCUT2D eigenvalue weighted by Gasteiger charge is -2.00. The number of aromatic amines is 1. The number of nitro benzene ring substituents is 1. The monoisotopic (exact) mass is 285 g/mol. The molecule has 0 aliphatic rings. The molecule has 0 bridgehead atoms. The Morgan fingerprint density at radius 1 is 1.24 bits per heavy atom. The van der Waals surface area contributed by atoms with Crippen molar-refractivity contribution in [2.24, 2.45) is 0 Å². The van der Waals surface area contributed by atoms with Gasteiger partial charge in [0.2, 0.25) is 0 Å². The standard InChI is InChI=1S/C14H15N5O2/c1-10-9-14-16-15-13(18(14)17-10)4-2-3-11-5-7-12(8-6-11)19(20)21/h5-9,17H,2-4H2,1H3. The minimum Gasteiger partial charge on any atom is -0.295 e. The Kier molecular flexibility index (Phi) is 3.39. The van der Waals surface area contributed by atoms with Crippen LogP contribution in [-0.2, 0) is 12.8 Å². The molecule has 1 aromatic carbocycles. The van der Waals surface area contributed by atoms with Gasteiger partial charge in [-0.15, -0.1) is 10.2 Å². The number of H-pyrrole nitrogens is 1. The van der Waals surface area contributed by atoms with Crippen molar-refractivity contribution < 1.29 is 4.92 Å². The molecule has 0 unspecified atom stereocenters. The lowest BCUT2D eigenvalue weighted by molar-refractivity contribution is -0.384. The summed E-state index contributed by atoms with van der Waals surface area (Å²) in [6.45, 7) is 1.98. The van der Waals surface area contributed by atoms with Gasteiger partial charge in [-0.25, -0.2) is 4.52 Å². The summed E-state index contributed by atoms with van der Waals surface area (Å²) < 4.78 is 1.89. The first-order valence-corrected chi connectivity index (χ1v) is 6.76. The summed E-state index contributed by atoms with van der Waals surface area (Å²) in [4.78, 5) is 10.2. The number of aromatic nitrogens is 4. The molecule has 0 radical (unpaired) electrons. The highest BCUT2D eigenvalue weighted by Crippen LogP contribution is 2.14. The first-order chi connectivity index (χ1) is 10.1. The molecule has 0 amide bonds. The molecule has 0 spiro atoms. The van der Waals surface area contributed by atoms with Gasteiger partial charge in [0.15, 0.2) is 11.5 Å². The number of nitro groups is 1. The van der Waals surface area contributed by atoms with E-state index in [0.717, 1.165) is 42.0 Å². The molecule has 2 heterocycles. The van der Waals surface area contributed by atoms with Gasteiger partial charge in [0.1, 0.15) is 0 Å². The molecule has 2 aromatic heterocycles. The third-order valence-electron chi connectivity index (χ3n) is 3.40. The van der Waals surface area contributed by atoms with E-state index >= 15 is 0 Å². The van der Waals surface area contributed by atoms with E-state index in [9.17, 15) is 10.1 Å². The van der Waals surface area contributed by atoms with Crippen LogP contribution >= 0.6 is 0 Å². The second-order valence-electron chi connectivity index (χ2n) is 5.03. The largest absolute Gasteiger partial charge is 0.295 e. The van der Waals surface area contributed by atoms with Crippen molar-refractivity contribution in [1.82, 2.24) is 19.8 Å². The SMILES string of the molecule is Cc1cc2nnc(CCCc3ccc([N+](=O)[O-])cc3)n2[nH]1. The van der Waals surface area contributed by atoms with E-state index in [1.165, 1.54) is 0 Å². The molecule has 0 aliphatic carbocycles. The summed E-state index contributed by atoms with van der Waals surface area (Å²) in [7, 11) is 0. The van der Waals surface area contributed by atoms with E-state index in [1.807, 2.05) is 17.5 Å². The normalized spacial score (nSPS) is 11.1. The van der Waals surface area contributed by atoms with Crippen LogP contribution in [0.25, 0.3) is 5.65 Å². The average molecular weight is 285 g/mol. The van der Waals surface area contributed by atoms with Gasteiger partial charge in [-0.3, -0.25) is 15.2 Å². The van der Waals surface area contributed by atoms with Gasteiger partial charge in [0, 0.05) is 30.3 Å². The number of aryl methyl sites for hydroxylation is 3. The zero-order valence-electron chi connectivity index (χ0n) is 11.6. The maximum Gasteiger partial charge on any atom is 0.269 e. The van der Waals surface area contributed by atoms with E-state index in [4.69, 9.17) is 0 Å². The summed E-state index contributed by atoms with van der Waals surface area (Å²) in [5.74, 6) is 0.903. The zero-order chi connectivity index (χ0) is 14.8. The van der Waals surface area contributed by atoms with Gasteiger partial charge in [0.05, 0.1) is 4.92 Å². The summed E-state index contributed by atoms with van der Waals surface area (Å²) in [5, 5.41) is 22.0. The molecular weight excluding hydrogens is 270 g/mol. The topological polar surface area (TPSA) is 89.1 Å². The van der Waals surface area contributed by atoms with E-state index in [1.54, 1.807) is 24.3 Å². The summed E-state index contributed by atoms with van der Waals surface area (Å²) in [6, 6.07) is 8.64. The quantitative estimate of drug-likeness (QED) is 0.576. The smallest absolute Gasteiger partial charge is 0.269 e. The van der Waals surface area contributed by atoms with E-state index in [-0.39, 0.29) is 10.6 Å². The molecule has 1 N–H and O–H groups in total. The third-order valence-corrected chi connectivity index (χ3v) is 3.40. The number of hydrogen-bond donors (Lipinski definition) is 1. The molecule has 0 atom stereocenters. The van der Waals surface area contributed by atoms with Crippen molar-refractivity contribution >= 4 is 11.3 Å². The van der Waals surface area contributed by atoms with Gasteiger partial charge >= 0.3 is 0 Å². The van der Waals surface area contributed by atoms with E-state index in [2.05, 4.69) is 15.3 Å². The Bertz CT molecular complexity index is 772. The van der Waals surface area contributed by atoms with Crippen molar-refractivity contribution in [1.29, 1.82) is 0 Å². The van der Waals surface area contributed by atoms with E-state index in [0.29, 0.717) is 0 Å². The Balaban J connectivity index is 1.61. The van der Waals surface area contributed by atoms with Crippen LogP contribution in [0.1, 0.15) is 23.5 Å². The van der Waals surface area contributed by atoms with Gasteiger partial charge in [-0.1, -0.05) is 12.1 Å². The Labute approximate surface area is 120 Å².